The number of nitrogens with one attached hydrogen (secondary N) is 1. The lowest BCUT2D eigenvalue weighted by molar-refractivity contribution is 0.399. The molecule has 0 fully saturated rings. The topological polar surface area (TPSA) is 39.1 Å². The first-order valence-electron chi connectivity index (χ1n) is 7.22. The number of rotatable bonds is 6. The molecule has 0 amide bonds. The minimum Gasteiger partial charge on any atom is -0.493 e. The van der Waals surface area contributed by atoms with Crippen LogP contribution in [0.4, 0.5) is 0 Å². The molecular weight excluding hydrogens is 330 g/mol. The quantitative estimate of drug-likeness (QED) is 0.862. The van der Waals surface area contributed by atoms with E-state index in [0.29, 0.717) is 0 Å². The lowest BCUT2D eigenvalue weighted by Crippen LogP contribution is -2.25. The van der Waals surface area contributed by atoms with Gasteiger partial charge in [-0.05, 0) is 31.5 Å². The van der Waals surface area contributed by atoms with Crippen LogP contribution in [-0.4, -0.2) is 23.4 Å². The van der Waals surface area contributed by atoms with E-state index in [4.69, 9.17) is 4.74 Å². The molecule has 0 saturated heterocycles. The van der Waals surface area contributed by atoms with Gasteiger partial charge in [0.2, 0.25) is 0 Å². The molecule has 1 N–H and O–H groups in total. The van der Waals surface area contributed by atoms with Crippen LogP contribution in [0.3, 0.4) is 0 Å². The molecule has 0 aliphatic rings. The van der Waals surface area contributed by atoms with E-state index in [1.807, 2.05) is 4.68 Å². The molecule has 1 aromatic heterocycles. The van der Waals surface area contributed by atoms with E-state index >= 15 is 0 Å². The van der Waals surface area contributed by atoms with Crippen molar-refractivity contribution >= 4 is 15.9 Å². The van der Waals surface area contributed by atoms with Crippen LogP contribution in [0.25, 0.3) is 0 Å². The maximum absolute atomic E-state index is 5.51. The van der Waals surface area contributed by atoms with E-state index in [1.54, 1.807) is 13.3 Å². The molecule has 0 bridgehead atoms. The van der Waals surface area contributed by atoms with Gasteiger partial charge in [0, 0.05) is 11.0 Å². The molecule has 0 radical (unpaired) electrons. The summed E-state index contributed by atoms with van der Waals surface area (Å²) in [5, 5.41) is 7.97. The van der Waals surface area contributed by atoms with Gasteiger partial charge in [-0.15, -0.1) is 0 Å². The van der Waals surface area contributed by atoms with Gasteiger partial charge in [-0.2, -0.15) is 5.10 Å². The first kappa shape index (κ1) is 16.0. The Balaban J connectivity index is 2.58. The number of hydrogen-bond acceptors (Lipinski definition) is 3. The Hall–Kier alpha value is -1.33. The maximum atomic E-state index is 5.51. The molecule has 4 nitrogen and oxygen atoms in total. The van der Waals surface area contributed by atoms with Gasteiger partial charge in [0.05, 0.1) is 19.3 Å². The second-order valence-electron chi connectivity index (χ2n) is 4.88. The summed E-state index contributed by atoms with van der Waals surface area (Å²) in [5.41, 5.74) is 3.48. The van der Waals surface area contributed by atoms with E-state index in [1.165, 1.54) is 11.1 Å². The van der Waals surface area contributed by atoms with Crippen LogP contribution in [0, 0.1) is 6.92 Å². The summed E-state index contributed by atoms with van der Waals surface area (Å²) in [6.45, 7) is 7.97. The lowest BCUT2D eigenvalue weighted by atomic mass is 10.0. The van der Waals surface area contributed by atoms with Crippen molar-refractivity contribution in [3.05, 3.63) is 45.7 Å². The van der Waals surface area contributed by atoms with Gasteiger partial charge < -0.3 is 10.1 Å². The zero-order valence-electron chi connectivity index (χ0n) is 13.0. The summed E-state index contributed by atoms with van der Waals surface area (Å²) in [7, 11) is 1.69. The number of hydrogen-bond donors (Lipinski definition) is 1. The van der Waals surface area contributed by atoms with Crippen molar-refractivity contribution < 1.29 is 4.74 Å². The molecule has 5 heteroatoms. The van der Waals surface area contributed by atoms with Gasteiger partial charge in [-0.3, -0.25) is 4.68 Å². The fourth-order valence-electron chi connectivity index (χ4n) is 2.53. The SMILES string of the molecule is CCNC(c1cccc(C)c1Br)c1c(OC)cnn1CC. The van der Waals surface area contributed by atoms with E-state index in [9.17, 15) is 0 Å². The van der Waals surface area contributed by atoms with Crippen molar-refractivity contribution in [1.29, 1.82) is 0 Å². The highest BCUT2D eigenvalue weighted by atomic mass is 79.9. The van der Waals surface area contributed by atoms with Crippen molar-refractivity contribution in [1.82, 2.24) is 15.1 Å². The molecule has 0 saturated carbocycles. The third-order valence-corrected chi connectivity index (χ3v) is 4.66. The molecule has 0 aliphatic carbocycles. The standard InChI is InChI=1S/C16H22BrN3O/c1-5-18-15(12-9-7-8-11(3)14(12)17)16-13(21-4)10-19-20(16)6-2/h7-10,15,18H,5-6H2,1-4H3. The highest BCUT2D eigenvalue weighted by Crippen LogP contribution is 2.35. The van der Waals surface area contributed by atoms with Crippen LogP contribution in [0.2, 0.25) is 0 Å². The second-order valence-corrected chi connectivity index (χ2v) is 5.68. The summed E-state index contributed by atoms with van der Waals surface area (Å²) in [6.07, 6.45) is 1.78. The van der Waals surface area contributed by atoms with E-state index in [2.05, 4.69) is 65.3 Å². The molecule has 0 aliphatic heterocycles. The Kier molecular flexibility index (Phi) is 5.42. The summed E-state index contributed by atoms with van der Waals surface area (Å²) in [4.78, 5) is 0. The minimum absolute atomic E-state index is 0.0432. The number of halogens is 1. The monoisotopic (exact) mass is 351 g/mol. The maximum Gasteiger partial charge on any atom is 0.161 e. The number of ether oxygens (including phenoxy) is 1. The number of methoxy groups -OCH3 is 1. The van der Waals surface area contributed by atoms with E-state index in [0.717, 1.165) is 29.0 Å². The highest BCUT2D eigenvalue weighted by molar-refractivity contribution is 9.10. The van der Waals surface area contributed by atoms with Crippen LogP contribution < -0.4 is 10.1 Å². The van der Waals surface area contributed by atoms with Gasteiger partial charge in [0.1, 0.15) is 5.69 Å². The number of nitrogens with zero attached hydrogens (tertiary/aromatic N) is 2. The molecule has 1 heterocycles. The Labute approximate surface area is 134 Å². The van der Waals surface area contributed by atoms with E-state index in [-0.39, 0.29) is 6.04 Å². The second kappa shape index (κ2) is 7.09. The predicted octanol–water partition coefficient (Wildman–Crippen LogP) is 3.68. The molecule has 2 aromatic rings. The molecule has 1 aromatic carbocycles. The van der Waals surface area contributed by atoms with Crippen molar-refractivity contribution in [2.24, 2.45) is 0 Å². The third-order valence-electron chi connectivity index (χ3n) is 3.58. The van der Waals surface area contributed by atoms with Crippen LogP contribution in [0.1, 0.15) is 36.7 Å². The molecular formula is C16H22BrN3O. The molecule has 0 spiro atoms. The van der Waals surface area contributed by atoms with Crippen LogP contribution in [0.15, 0.2) is 28.9 Å². The first-order valence-corrected chi connectivity index (χ1v) is 8.01. The summed E-state index contributed by atoms with van der Waals surface area (Å²) in [5.74, 6) is 0.816. The first-order chi connectivity index (χ1) is 10.1. The molecule has 1 unspecified atom stereocenters. The van der Waals surface area contributed by atoms with Gasteiger partial charge in [0.25, 0.3) is 0 Å². The smallest absolute Gasteiger partial charge is 0.161 e. The Bertz CT molecular complexity index is 588. The van der Waals surface area contributed by atoms with Crippen LogP contribution in [-0.2, 0) is 6.54 Å². The third kappa shape index (κ3) is 3.14. The molecule has 21 heavy (non-hydrogen) atoms. The lowest BCUT2D eigenvalue weighted by Gasteiger charge is -2.22. The van der Waals surface area contributed by atoms with Crippen molar-refractivity contribution in [3.8, 4) is 5.75 Å². The normalized spacial score (nSPS) is 12.4. The van der Waals surface area contributed by atoms with Crippen molar-refractivity contribution in [2.45, 2.75) is 33.4 Å². The highest BCUT2D eigenvalue weighted by Gasteiger charge is 2.24. The zero-order chi connectivity index (χ0) is 15.4. The Morgan fingerprint density at radius 1 is 1.38 bits per heavy atom. The van der Waals surface area contributed by atoms with Crippen LogP contribution >= 0.6 is 15.9 Å². The number of benzene rings is 1. The van der Waals surface area contributed by atoms with Gasteiger partial charge >= 0.3 is 0 Å². The average molecular weight is 352 g/mol. The Morgan fingerprint density at radius 3 is 2.76 bits per heavy atom. The predicted molar refractivity (Wildman–Crippen MR) is 88.9 cm³/mol. The van der Waals surface area contributed by atoms with Crippen molar-refractivity contribution in [3.63, 3.8) is 0 Å². The van der Waals surface area contributed by atoms with Gasteiger partial charge in [0.15, 0.2) is 5.75 Å². The summed E-state index contributed by atoms with van der Waals surface area (Å²) in [6, 6.07) is 6.36. The fraction of sp³-hybridized carbons (Fsp3) is 0.438. The summed E-state index contributed by atoms with van der Waals surface area (Å²) < 4.78 is 8.62. The minimum atomic E-state index is 0.0432. The summed E-state index contributed by atoms with van der Waals surface area (Å²) >= 11 is 3.72. The number of aryl methyl sites for hydroxylation is 2. The van der Waals surface area contributed by atoms with Crippen LogP contribution in [0.5, 0.6) is 5.75 Å². The molecule has 114 valence electrons. The van der Waals surface area contributed by atoms with Gasteiger partial charge in [-0.25, -0.2) is 0 Å². The number of aromatic nitrogens is 2. The van der Waals surface area contributed by atoms with Gasteiger partial charge in [-0.1, -0.05) is 41.1 Å². The van der Waals surface area contributed by atoms with Crippen molar-refractivity contribution in [2.75, 3.05) is 13.7 Å². The average Bonchev–Trinajstić information content (AvgIpc) is 2.90. The zero-order valence-corrected chi connectivity index (χ0v) is 14.6. The largest absolute Gasteiger partial charge is 0.493 e. The Morgan fingerprint density at radius 2 is 2.14 bits per heavy atom. The molecule has 2 rings (SSSR count). The fourth-order valence-corrected chi connectivity index (χ4v) is 3.02. The van der Waals surface area contributed by atoms with E-state index < -0.39 is 0 Å². The molecule has 1 atom stereocenters.